The lowest BCUT2D eigenvalue weighted by atomic mass is 10.1. The maximum atomic E-state index is 5.37. The zero-order valence-corrected chi connectivity index (χ0v) is 12.1. The smallest absolute Gasteiger partial charge is 0.203 e. The van der Waals surface area contributed by atoms with Crippen LogP contribution in [0.25, 0.3) is 22.4 Å². The van der Waals surface area contributed by atoms with E-state index >= 15 is 0 Å². The van der Waals surface area contributed by atoms with Gasteiger partial charge in [-0.3, -0.25) is 0 Å². The molecule has 1 aromatic heterocycles. The van der Waals surface area contributed by atoms with Crippen LogP contribution in [0.3, 0.4) is 0 Å². The first-order valence-electron chi connectivity index (χ1n) is 6.52. The molecule has 1 heterocycles. The van der Waals surface area contributed by atoms with Crippen molar-refractivity contribution in [2.75, 3.05) is 21.3 Å². The molecule has 0 atom stereocenters. The van der Waals surface area contributed by atoms with Crippen molar-refractivity contribution < 1.29 is 14.2 Å². The van der Waals surface area contributed by atoms with Gasteiger partial charge in [-0.05, 0) is 24.3 Å². The molecule has 5 heteroatoms. The zero-order chi connectivity index (χ0) is 14.8. The predicted molar refractivity (Wildman–Crippen MR) is 81.2 cm³/mol. The van der Waals surface area contributed by atoms with Crippen molar-refractivity contribution in [1.29, 1.82) is 0 Å². The van der Waals surface area contributed by atoms with Gasteiger partial charge in [0, 0.05) is 5.56 Å². The highest BCUT2D eigenvalue weighted by Crippen LogP contribution is 2.40. The molecule has 0 saturated heterocycles. The molecule has 3 aromatic rings. The van der Waals surface area contributed by atoms with Crippen LogP contribution in [0.2, 0.25) is 0 Å². The average Bonchev–Trinajstić information content (AvgIpc) is 2.97. The molecule has 21 heavy (non-hydrogen) atoms. The van der Waals surface area contributed by atoms with Crippen LogP contribution < -0.4 is 14.2 Å². The molecule has 0 radical (unpaired) electrons. The highest BCUT2D eigenvalue weighted by Gasteiger charge is 2.15. The van der Waals surface area contributed by atoms with Crippen molar-refractivity contribution in [3.63, 3.8) is 0 Å². The van der Waals surface area contributed by atoms with E-state index in [-0.39, 0.29) is 0 Å². The minimum Gasteiger partial charge on any atom is -0.493 e. The second kappa shape index (κ2) is 5.36. The first-order chi connectivity index (χ1) is 10.3. The molecule has 0 aliphatic heterocycles. The molecule has 2 aromatic carbocycles. The van der Waals surface area contributed by atoms with E-state index in [1.165, 1.54) is 0 Å². The van der Waals surface area contributed by atoms with Gasteiger partial charge in [-0.1, -0.05) is 12.1 Å². The Bertz CT molecular complexity index is 722. The third-order valence-electron chi connectivity index (χ3n) is 3.33. The van der Waals surface area contributed by atoms with E-state index in [1.54, 1.807) is 21.3 Å². The molecule has 0 unspecified atom stereocenters. The SMILES string of the molecule is COc1cc(-c2nc3ccccc3[nH]2)cc(OC)c1OC. The Morgan fingerprint density at radius 2 is 1.57 bits per heavy atom. The first-order valence-corrected chi connectivity index (χ1v) is 6.52. The number of aromatic amines is 1. The Hall–Kier alpha value is -2.69. The van der Waals surface area contributed by atoms with Gasteiger partial charge in [-0.15, -0.1) is 0 Å². The molecule has 0 amide bonds. The molecule has 108 valence electrons. The van der Waals surface area contributed by atoms with Gasteiger partial charge < -0.3 is 19.2 Å². The predicted octanol–water partition coefficient (Wildman–Crippen LogP) is 3.26. The number of fused-ring (bicyclic) bond motifs is 1. The monoisotopic (exact) mass is 284 g/mol. The Balaban J connectivity index is 2.17. The van der Waals surface area contributed by atoms with Crippen LogP contribution in [0, 0.1) is 0 Å². The first kappa shape index (κ1) is 13.3. The van der Waals surface area contributed by atoms with Crippen molar-refractivity contribution in [3.8, 4) is 28.6 Å². The van der Waals surface area contributed by atoms with Crippen LogP contribution in [0.5, 0.6) is 17.2 Å². The van der Waals surface area contributed by atoms with Crippen LogP contribution in [0.1, 0.15) is 0 Å². The van der Waals surface area contributed by atoms with Gasteiger partial charge in [-0.2, -0.15) is 0 Å². The summed E-state index contributed by atoms with van der Waals surface area (Å²) in [6, 6.07) is 11.6. The fraction of sp³-hybridized carbons (Fsp3) is 0.188. The number of para-hydroxylation sites is 2. The number of benzene rings is 2. The van der Waals surface area contributed by atoms with Crippen LogP contribution in [0.15, 0.2) is 36.4 Å². The van der Waals surface area contributed by atoms with E-state index in [2.05, 4.69) is 9.97 Å². The fourth-order valence-corrected chi connectivity index (χ4v) is 2.31. The standard InChI is InChI=1S/C16H16N2O3/c1-19-13-8-10(9-14(20-2)15(13)21-3)16-17-11-6-4-5-7-12(11)18-16/h4-9H,1-3H3,(H,17,18). The van der Waals surface area contributed by atoms with Crippen LogP contribution >= 0.6 is 0 Å². The van der Waals surface area contributed by atoms with Gasteiger partial charge in [-0.25, -0.2) is 4.98 Å². The summed E-state index contributed by atoms with van der Waals surface area (Å²) in [6.45, 7) is 0. The largest absolute Gasteiger partial charge is 0.493 e. The van der Waals surface area contributed by atoms with E-state index in [4.69, 9.17) is 14.2 Å². The van der Waals surface area contributed by atoms with E-state index in [0.29, 0.717) is 17.2 Å². The summed E-state index contributed by atoms with van der Waals surface area (Å²) < 4.78 is 16.1. The van der Waals surface area contributed by atoms with Gasteiger partial charge in [0.1, 0.15) is 5.82 Å². The Labute approximate surface area is 122 Å². The maximum Gasteiger partial charge on any atom is 0.203 e. The zero-order valence-electron chi connectivity index (χ0n) is 12.1. The summed E-state index contributed by atoms with van der Waals surface area (Å²) in [7, 11) is 4.78. The van der Waals surface area contributed by atoms with Crippen molar-refractivity contribution in [3.05, 3.63) is 36.4 Å². The van der Waals surface area contributed by atoms with Crippen LogP contribution in [-0.2, 0) is 0 Å². The Morgan fingerprint density at radius 1 is 0.905 bits per heavy atom. The number of hydrogen-bond donors (Lipinski definition) is 1. The van der Waals surface area contributed by atoms with E-state index in [0.717, 1.165) is 22.4 Å². The van der Waals surface area contributed by atoms with Crippen molar-refractivity contribution in [2.24, 2.45) is 0 Å². The highest BCUT2D eigenvalue weighted by atomic mass is 16.5. The molecule has 3 rings (SSSR count). The van der Waals surface area contributed by atoms with E-state index in [9.17, 15) is 0 Å². The summed E-state index contributed by atoms with van der Waals surface area (Å²) in [6.07, 6.45) is 0. The summed E-state index contributed by atoms with van der Waals surface area (Å²) in [4.78, 5) is 7.87. The number of aromatic nitrogens is 2. The minimum absolute atomic E-state index is 0.569. The molecule has 0 spiro atoms. The van der Waals surface area contributed by atoms with Gasteiger partial charge in [0.05, 0.1) is 32.4 Å². The third-order valence-corrected chi connectivity index (χ3v) is 3.33. The highest BCUT2D eigenvalue weighted by molar-refractivity contribution is 5.80. The summed E-state index contributed by atoms with van der Waals surface area (Å²) in [5, 5.41) is 0. The number of methoxy groups -OCH3 is 3. The number of imidazole rings is 1. The number of nitrogens with zero attached hydrogens (tertiary/aromatic N) is 1. The lowest BCUT2D eigenvalue weighted by molar-refractivity contribution is 0.324. The molecule has 5 nitrogen and oxygen atoms in total. The van der Waals surface area contributed by atoms with Crippen molar-refractivity contribution in [2.45, 2.75) is 0 Å². The molecule has 0 aliphatic carbocycles. The normalized spacial score (nSPS) is 10.6. The summed E-state index contributed by atoms with van der Waals surface area (Å²) >= 11 is 0. The number of ether oxygens (including phenoxy) is 3. The lowest BCUT2D eigenvalue weighted by Gasteiger charge is -2.13. The fourth-order valence-electron chi connectivity index (χ4n) is 2.31. The number of H-pyrrole nitrogens is 1. The minimum atomic E-state index is 0.569. The molecule has 0 fully saturated rings. The second-order valence-electron chi connectivity index (χ2n) is 4.52. The number of hydrogen-bond acceptors (Lipinski definition) is 4. The molecule has 0 bridgehead atoms. The van der Waals surface area contributed by atoms with Gasteiger partial charge in [0.2, 0.25) is 5.75 Å². The topological polar surface area (TPSA) is 56.4 Å². The third kappa shape index (κ3) is 2.27. The Morgan fingerprint density at radius 3 is 2.14 bits per heavy atom. The lowest BCUT2D eigenvalue weighted by Crippen LogP contribution is -1.96. The second-order valence-corrected chi connectivity index (χ2v) is 4.52. The summed E-state index contributed by atoms with van der Waals surface area (Å²) in [5.74, 6) is 2.54. The summed E-state index contributed by atoms with van der Waals surface area (Å²) in [5.41, 5.74) is 2.78. The molecular formula is C16H16N2O3. The maximum absolute atomic E-state index is 5.37. The number of nitrogens with one attached hydrogen (secondary N) is 1. The van der Waals surface area contributed by atoms with Crippen molar-refractivity contribution in [1.82, 2.24) is 9.97 Å². The van der Waals surface area contributed by atoms with E-state index in [1.807, 2.05) is 36.4 Å². The number of rotatable bonds is 4. The van der Waals surface area contributed by atoms with Gasteiger partial charge in [0.25, 0.3) is 0 Å². The molecule has 0 aliphatic rings. The van der Waals surface area contributed by atoms with Gasteiger partial charge in [0.15, 0.2) is 11.5 Å². The van der Waals surface area contributed by atoms with Crippen LogP contribution in [-0.4, -0.2) is 31.3 Å². The van der Waals surface area contributed by atoms with Crippen LogP contribution in [0.4, 0.5) is 0 Å². The molecular weight excluding hydrogens is 268 g/mol. The van der Waals surface area contributed by atoms with Gasteiger partial charge >= 0.3 is 0 Å². The molecule has 1 N–H and O–H groups in total. The van der Waals surface area contributed by atoms with Crippen molar-refractivity contribution >= 4 is 11.0 Å². The van der Waals surface area contributed by atoms with E-state index < -0.39 is 0 Å². The Kier molecular flexibility index (Phi) is 3.39. The average molecular weight is 284 g/mol. The quantitative estimate of drug-likeness (QED) is 0.799. The molecule has 0 saturated carbocycles.